The first kappa shape index (κ1) is 9.57. The maximum absolute atomic E-state index is 10.7. The lowest BCUT2D eigenvalue weighted by molar-refractivity contribution is 0.0687. The molecular weight excluding hydrogens is 170 g/mol. The molecule has 5 heteroatoms. The molecule has 0 saturated heterocycles. The van der Waals surface area contributed by atoms with E-state index in [0.29, 0.717) is 11.5 Å². The molecule has 5 nitrogen and oxygen atoms in total. The van der Waals surface area contributed by atoms with Crippen molar-refractivity contribution < 1.29 is 9.90 Å². The molecule has 0 fully saturated rings. The van der Waals surface area contributed by atoms with Crippen LogP contribution < -0.4 is 0 Å². The molecule has 0 atom stereocenters. The summed E-state index contributed by atoms with van der Waals surface area (Å²) in [6, 6.07) is 0. The van der Waals surface area contributed by atoms with E-state index in [9.17, 15) is 4.79 Å². The lowest BCUT2D eigenvalue weighted by Crippen LogP contribution is -2.12. The second-order valence-electron chi connectivity index (χ2n) is 3.05. The summed E-state index contributed by atoms with van der Waals surface area (Å²) in [7, 11) is 0. The predicted molar refractivity (Wildman–Crippen MR) is 45.6 cm³/mol. The lowest BCUT2D eigenvalue weighted by atomic mass is 10.1. The average molecular weight is 181 g/mol. The lowest BCUT2D eigenvalue weighted by Gasteiger charge is -2.05. The van der Waals surface area contributed by atoms with Crippen LogP contribution in [0.1, 0.15) is 41.8 Å². The van der Waals surface area contributed by atoms with E-state index in [2.05, 4.69) is 15.2 Å². The highest BCUT2D eigenvalue weighted by Gasteiger charge is 2.16. The number of rotatable bonds is 2. The first-order valence-corrected chi connectivity index (χ1v) is 3.97. The minimum atomic E-state index is -1.05. The van der Waals surface area contributed by atoms with Gasteiger partial charge in [-0.1, -0.05) is 13.8 Å². The topological polar surface area (TPSA) is 76.0 Å². The Hall–Kier alpha value is -1.52. The fraction of sp³-hybridized carbons (Fsp3) is 0.500. The molecule has 1 aromatic heterocycles. The summed E-state index contributed by atoms with van der Waals surface area (Å²) < 4.78 is 0. The number of aromatic carboxylic acids is 1. The number of nitrogens with zero attached hydrogens (tertiary/aromatic N) is 3. The summed E-state index contributed by atoms with van der Waals surface area (Å²) in [6.45, 7) is 5.32. The average Bonchev–Trinajstić information content (AvgIpc) is 2.03. The zero-order chi connectivity index (χ0) is 10.0. The van der Waals surface area contributed by atoms with Crippen molar-refractivity contribution in [3.05, 3.63) is 17.2 Å². The van der Waals surface area contributed by atoms with E-state index in [4.69, 9.17) is 5.11 Å². The van der Waals surface area contributed by atoms with Crippen LogP contribution in [0.3, 0.4) is 0 Å². The number of carboxylic acid groups (broad SMARTS) is 1. The Morgan fingerprint density at radius 2 is 2.00 bits per heavy atom. The van der Waals surface area contributed by atoms with Gasteiger partial charge in [0.2, 0.25) is 0 Å². The molecular formula is C8H11N3O2. The highest BCUT2D eigenvalue weighted by Crippen LogP contribution is 2.13. The number of aryl methyl sites for hydroxylation is 1. The first-order valence-electron chi connectivity index (χ1n) is 3.97. The molecule has 0 radical (unpaired) electrons. The summed E-state index contributed by atoms with van der Waals surface area (Å²) in [5.41, 5.74) is 0.431. The Balaban J connectivity index is 3.27. The third kappa shape index (κ3) is 1.99. The standard InChI is InChI=1S/C8H11N3O2/c1-4(2)6-7(8(12)13)9-5(3)10-11-6/h4H,1-3H3,(H,12,13). The second-order valence-corrected chi connectivity index (χ2v) is 3.05. The molecule has 0 unspecified atom stereocenters. The van der Waals surface area contributed by atoms with Crippen molar-refractivity contribution in [2.24, 2.45) is 0 Å². The number of aromatic nitrogens is 3. The van der Waals surface area contributed by atoms with E-state index in [-0.39, 0.29) is 11.6 Å². The minimum absolute atomic E-state index is 0.00231. The maximum atomic E-state index is 10.7. The summed E-state index contributed by atoms with van der Waals surface area (Å²) >= 11 is 0. The Kier molecular flexibility index (Phi) is 2.55. The van der Waals surface area contributed by atoms with Gasteiger partial charge < -0.3 is 5.11 Å². The molecule has 1 rings (SSSR count). The smallest absolute Gasteiger partial charge is 0.356 e. The van der Waals surface area contributed by atoms with Crippen molar-refractivity contribution in [3.8, 4) is 0 Å². The van der Waals surface area contributed by atoms with E-state index in [1.807, 2.05) is 13.8 Å². The van der Waals surface area contributed by atoms with E-state index in [1.165, 1.54) is 0 Å². The number of carboxylic acids is 1. The zero-order valence-electron chi connectivity index (χ0n) is 7.77. The molecule has 13 heavy (non-hydrogen) atoms. The largest absolute Gasteiger partial charge is 0.476 e. The molecule has 1 aromatic rings. The van der Waals surface area contributed by atoms with Gasteiger partial charge in [-0.2, -0.15) is 5.10 Å². The van der Waals surface area contributed by atoms with Crippen LogP contribution in [-0.2, 0) is 0 Å². The van der Waals surface area contributed by atoms with Crippen LogP contribution >= 0.6 is 0 Å². The highest BCUT2D eigenvalue weighted by atomic mass is 16.4. The van der Waals surface area contributed by atoms with Gasteiger partial charge in [0, 0.05) is 0 Å². The molecule has 1 N–H and O–H groups in total. The van der Waals surface area contributed by atoms with Crippen molar-refractivity contribution in [2.45, 2.75) is 26.7 Å². The van der Waals surface area contributed by atoms with Crippen LogP contribution in [0.25, 0.3) is 0 Å². The summed E-state index contributed by atoms with van der Waals surface area (Å²) in [6.07, 6.45) is 0. The third-order valence-electron chi connectivity index (χ3n) is 1.57. The molecule has 0 spiro atoms. The fourth-order valence-electron chi connectivity index (χ4n) is 0.961. The van der Waals surface area contributed by atoms with Crippen LogP contribution in [0, 0.1) is 6.92 Å². The Labute approximate surface area is 75.8 Å². The molecule has 0 aliphatic heterocycles. The maximum Gasteiger partial charge on any atom is 0.356 e. The molecule has 0 aliphatic rings. The van der Waals surface area contributed by atoms with Crippen molar-refractivity contribution >= 4 is 5.97 Å². The normalized spacial score (nSPS) is 10.5. The van der Waals surface area contributed by atoms with E-state index in [0.717, 1.165) is 0 Å². The molecule has 0 saturated carbocycles. The van der Waals surface area contributed by atoms with E-state index >= 15 is 0 Å². The monoisotopic (exact) mass is 181 g/mol. The summed E-state index contributed by atoms with van der Waals surface area (Å²) in [5.74, 6) is -0.657. The van der Waals surface area contributed by atoms with Gasteiger partial charge in [-0.25, -0.2) is 9.78 Å². The van der Waals surface area contributed by atoms with Crippen LogP contribution in [0.15, 0.2) is 0 Å². The molecule has 0 bridgehead atoms. The van der Waals surface area contributed by atoms with Gasteiger partial charge in [-0.15, -0.1) is 5.10 Å². The number of hydrogen-bond donors (Lipinski definition) is 1. The molecule has 0 amide bonds. The molecule has 0 aromatic carbocycles. The van der Waals surface area contributed by atoms with Crippen molar-refractivity contribution in [2.75, 3.05) is 0 Å². The molecule has 0 aliphatic carbocycles. The van der Waals surface area contributed by atoms with E-state index < -0.39 is 5.97 Å². The fourth-order valence-corrected chi connectivity index (χ4v) is 0.961. The van der Waals surface area contributed by atoms with Crippen LogP contribution in [0.4, 0.5) is 0 Å². The summed E-state index contributed by atoms with van der Waals surface area (Å²) in [5, 5.41) is 16.3. The SMILES string of the molecule is Cc1nnc(C(C)C)c(C(=O)O)n1. The summed E-state index contributed by atoms with van der Waals surface area (Å²) in [4.78, 5) is 14.6. The minimum Gasteiger partial charge on any atom is -0.476 e. The number of carbonyl (C=O) groups is 1. The van der Waals surface area contributed by atoms with Gasteiger partial charge in [0.05, 0.1) is 5.69 Å². The van der Waals surface area contributed by atoms with Gasteiger partial charge in [-0.05, 0) is 12.8 Å². The first-order chi connectivity index (χ1) is 6.02. The predicted octanol–water partition coefficient (Wildman–Crippen LogP) is 1.00. The highest BCUT2D eigenvalue weighted by molar-refractivity contribution is 5.86. The van der Waals surface area contributed by atoms with Gasteiger partial charge >= 0.3 is 5.97 Å². The van der Waals surface area contributed by atoms with Gasteiger partial charge in [0.15, 0.2) is 5.69 Å². The Bertz CT molecular complexity index is 336. The van der Waals surface area contributed by atoms with Crippen molar-refractivity contribution in [1.29, 1.82) is 0 Å². The Morgan fingerprint density at radius 3 is 2.46 bits per heavy atom. The van der Waals surface area contributed by atoms with Gasteiger partial charge in [-0.3, -0.25) is 0 Å². The van der Waals surface area contributed by atoms with Gasteiger partial charge in [0.25, 0.3) is 0 Å². The number of hydrogen-bond acceptors (Lipinski definition) is 4. The quantitative estimate of drug-likeness (QED) is 0.736. The van der Waals surface area contributed by atoms with Crippen molar-refractivity contribution in [1.82, 2.24) is 15.2 Å². The van der Waals surface area contributed by atoms with Crippen molar-refractivity contribution in [3.63, 3.8) is 0 Å². The zero-order valence-corrected chi connectivity index (χ0v) is 7.77. The van der Waals surface area contributed by atoms with Crippen LogP contribution in [0.2, 0.25) is 0 Å². The third-order valence-corrected chi connectivity index (χ3v) is 1.57. The second kappa shape index (κ2) is 3.47. The Morgan fingerprint density at radius 1 is 1.38 bits per heavy atom. The van der Waals surface area contributed by atoms with Crippen LogP contribution in [0.5, 0.6) is 0 Å². The van der Waals surface area contributed by atoms with Crippen LogP contribution in [-0.4, -0.2) is 26.3 Å². The van der Waals surface area contributed by atoms with Gasteiger partial charge in [0.1, 0.15) is 5.82 Å². The van der Waals surface area contributed by atoms with E-state index in [1.54, 1.807) is 6.92 Å². The molecule has 70 valence electrons. The molecule has 1 heterocycles.